The van der Waals surface area contributed by atoms with Crippen molar-refractivity contribution >= 4 is 11.6 Å². The number of amides is 1. The highest BCUT2D eigenvalue weighted by atomic mass is 16.6. The van der Waals surface area contributed by atoms with E-state index in [1.165, 1.54) is 0 Å². The van der Waals surface area contributed by atoms with Crippen LogP contribution in [0.25, 0.3) is 5.65 Å². The van der Waals surface area contributed by atoms with Crippen molar-refractivity contribution in [3.63, 3.8) is 0 Å². The Morgan fingerprint density at radius 1 is 1.12 bits per heavy atom. The van der Waals surface area contributed by atoms with E-state index in [1.807, 2.05) is 47.0 Å². The number of carbonyl (C=O) groups excluding carboxylic acids is 1. The van der Waals surface area contributed by atoms with Gasteiger partial charge in [0.05, 0.1) is 13.0 Å². The third kappa shape index (κ3) is 2.88. The second-order valence-corrected chi connectivity index (χ2v) is 5.48. The fourth-order valence-electron chi connectivity index (χ4n) is 2.63. The van der Waals surface area contributed by atoms with Crippen LogP contribution in [0.2, 0.25) is 0 Å². The molecule has 3 heterocycles. The number of rotatable bonds is 4. The highest BCUT2D eigenvalue weighted by Crippen LogP contribution is 2.30. The predicted molar refractivity (Wildman–Crippen MR) is 86.0 cm³/mol. The van der Waals surface area contributed by atoms with E-state index in [4.69, 9.17) is 9.47 Å². The average molecular weight is 324 g/mol. The molecule has 1 aliphatic rings. The SMILES string of the molecule is O=C(Cc1ccc2c(c1)OCCO2)NCc1nnc2ccccn12. The Hall–Kier alpha value is -3.09. The van der Waals surface area contributed by atoms with Crippen LogP contribution in [-0.4, -0.2) is 33.7 Å². The quantitative estimate of drug-likeness (QED) is 0.784. The lowest BCUT2D eigenvalue weighted by Gasteiger charge is -2.18. The lowest BCUT2D eigenvalue weighted by atomic mass is 10.1. The smallest absolute Gasteiger partial charge is 0.224 e. The minimum absolute atomic E-state index is 0.0839. The van der Waals surface area contributed by atoms with Gasteiger partial charge in [-0.15, -0.1) is 10.2 Å². The van der Waals surface area contributed by atoms with Gasteiger partial charge in [0.2, 0.25) is 5.91 Å². The summed E-state index contributed by atoms with van der Waals surface area (Å²) in [6.07, 6.45) is 2.14. The number of fused-ring (bicyclic) bond motifs is 2. The van der Waals surface area contributed by atoms with Gasteiger partial charge in [0, 0.05) is 6.20 Å². The van der Waals surface area contributed by atoms with E-state index < -0.39 is 0 Å². The first-order valence-corrected chi connectivity index (χ1v) is 7.73. The summed E-state index contributed by atoms with van der Waals surface area (Å²) in [4.78, 5) is 12.2. The van der Waals surface area contributed by atoms with Gasteiger partial charge in [-0.1, -0.05) is 12.1 Å². The number of hydrogen-bond acceptors (Lipinski definition) is 5. The molecule has 0 fully saturated rings. The molecule has 0 unspecified atom stereocenters. The number of pyridine rings is 1. The van der Waals surface area contributed by atoms with E-state index >= 15 is 0 Å². The molecule has 0 saturated carbocycles. The van der Waals surface area contributed by atoms with E-state index in [0.717, 1.165) is 17.0 Å². The molecule has 0 aliphatic carbocycles. The van der Waals surface area contributed by atoms with Crippen LogP contribution in [-0.2, 0) is 17.8 Å². The molecular formula is C17H16N4O3. The molecule has 4 rings (SSSR count). The van der Waals surface area contributed by atoms with Crippen molar-refractivity contribution in [2.45, 2.75) is 13.0 Å². The fourth-order valence-corrected chi connectivity index (χ4v) is 2.63. The van der Waals surface area contributed by atoms with Gasteiger partial charge < -0.3 is 14.8 Å². The zero-order chi connectivity index (χ0) is 16.4. The lowest BCUT2D eigenvalue weighted by Crippen LogP contribution is -2.25. The molecule has 1 aromatic carbocycles. The number of benzene rings is 1. The molecule has 0 radical (unpaired) electrons. The summed E-state index contributed by atoms with van der Waals surface area (Å²) >= 11 is 0. The molecule has 1 aliphatic heterocycles. The van der Waals surface area contributed by atoms with Crippen molar-refractivity contribution in [2.24, 2.45) is 0 Å². The molecule has 0 spiro atoms. The Bertz CT molecular complexity index is 890. The van der Waals surface area contributed by atoms with E-state index in [1.54, 1.807) is 0 Å². The van der Waals surface area contributed by atoms with Crippen LogP contribution in [0.15, 0.2) is 42.6 Å². The molecule has 2 aromatic heterocycles. The normalized spacial score (nSPS) is 13.0. The molecule has 7 nitrogen and oxygen atoms in total. The van der Waals surface area contributed by atoms with Crippen LogP contribution in [0.1, 0.15) is 11.4 Å². The number of carbonyl (C=O) groups is 1. The Kier molecular flexibility index (Phi) is 3.74. The minimum Gasteiger partial charge on any atom is -0.486 e. The van der Waals surface area contributed by atoms with E-state index in [0.29, 0.717) is 31.3 Å². The van der Waals surface area contributed by atoms with Gasteiger partial charge in [-0.05, 0) is 29.8 Å². The molecule has 24 heavy (non-hydrogen) atoms. The predicted octanol–water partition coefficient (Wildman–Crippen LogP) is 1.36. The number of ether oxygens (including phenoxy) is 2. The first kappa shape index (κ1) is 14.5. The third-order valence-electron chi connectivity index (χ3n) is 3.80. The van der Waals surface area contributed by atoms with Gasteiger partial charge in [0.15, 0.2) is 23.0 Å². The molecule has 1 amide bonds. The topological polar surface area (TPSA) is 77.8 Å². The summed E-state index contributed by atoms with van der Waals surface area (Å²) in [5.74, 6) is 2.02. The highest BCUT2D eigenvalue weighted by molar-refractivity contribution is 5.78. The molecule has 1 N–H and O–H groups in total. The summed E-state index contributed by atoms with van der Waals surface area (Å²) < 4.78 is 12.9. The first-order chi connectivity index (χ1) is 11.8. The number of aromatic nitrogens is 3. The largest absolute Gasteiger partial charge is 0.486 e. The Morgan fingerprint density at radius 2 is 2.00 bits per heavy atom. The number of nitrogens with zero attached hydrogens (tertiary/aromatic N) is 3. The Labute approximate surface area is 138 Å². The molecule has 0 saturated heterocycles. The molecule has 0 bridgehead atoms. The maximum atomic E-state index is 12.2. The average Bonchev–Trinajstić information content (AvgIpc) is 3.03. The van der Waals surface area contributed by atoms with Crippen LogP contribution >= 0.6 is 0 Å². The van der Waals surface area contributed by atoms with Crippen molar-refractivity contribution in [3.8, 4) is 11.5 Å². The summed E-state index contributed by atoms with van der Waals surface area (Å²) in [5.41, 5.74) is 1.64. The zero-order valence-corrected chi connectivity index (χ0v) is 12.9. The third-order valence-corrected chi connectivity index (χ3v) is 3.80. The van der Waals surface area contributed by atoms with Gasteiger partial charge in [-0.3, -0.25) is 9.20 Å². The van der Waals surface area contributed by atoms with E-state index in [2.05, 4.69) is 15.5 Å². The summed E-state index contributed by atoms with van der Waals surface area (Å²) in [6, 6.07) is 11.2. The van der Waals surface area contributed by atoms with Crippen molar-refractivity contribution in [1.29, 1.82) is 0 Å². The Morgan fingerprint density at radius 3 is 2.92 bits per heavy atom. The maximum absolute atomic E-state index is 12.2. The molecule has 3 aromatic rings. The van der Waals surface area contributed by atoms with Crippen molar-refractivity contribution in [3.05, 3.63) is 54.0 Å². The van der Waals surface area contributed by atoms with Crippen molar-refractivity contribution in [1.82, 2.24) is 19.9 Å². The van der Waals surface area contributed by atoms with Crippen LogP contribution in [0.5, 0.6) is 11.5 Å². The fraction of sp³-hybridized carbons (Fsp3) is 0.235. The van der Waals surface area contributed by atoms with Gasteiger partial charge in [-0.2, -0.15) is 0 Å². The number of nitrogens with one attached hydrogen (secondary N) is 1. The van der Waals surface area contributed by atoms with Crippen LogP contribution in [0.4, 0.5) is 0 Å². The zero-order valence-electron chi connectivity index (χ0n) is 12.9. The van der Waals surface area contributed by atoms with Crippen molar-refractivity contribution in [2.75, 3.05) is 13.2 Å². The lowest BCUT2D eigenvalue weighted by molar-refractivity contribution is -0.120. The van der Waals surface area contributed by atoms with E-state index in [-0.39, 0.29) is 12.3 Å². The molecule has 7 heteroatoms. The first-order valence-electron chi connectivity index (χ1n) is 7.73. The molecular weight excluding hydrogens is 308 g/mol. The van der Waals surface area contributed by atoms with Gasteiger partial charge >= 0.3 is 0 Å². The minimum atomic E-state index is -0.0839. The molecule has 0 atom stereocenters. The van der Waals surface area contributed by atoms with Gasteiger partial charge in [0.25, 0.3) is 0 Å². The Balaban J connectivity index is 1.40. The van der Waals surface area contributed by atoms with Crippen LogP contribution in [0.3, 0.4) is 0 Å². The van der Waals surface area contributed by atoms with Crippen LogP contribution < -0.4 is 14.8 Å². The van der Waals surface area contributed by atoms with Crippen LogP contribution in [0, 0.1) is 0 Å². The number of hydrogen-bond donors (Lipinski definition) is 1. The molecule has 122 valence electrons. The second kappa shape index (κ2) is 6.19. The van der Waals surface area contributed by atoms with Gasteiger partial charge in [-0.25, -0.2) is 0 Å². The standard InChI is InChI=1S/C17H16N4O3/c22-17(10-12-4-5-13-14(9-12)24-8-7-23-13)18-11-16-20-19-15-3-1-2-6-21(15)16/h1-6,9H,7-8,10-11H2,(H,18,22). The second-order valence-electron chi connectivity index (χ2n) is 5.48. The summed E-state index contributed by atoms with van der Waals surface area (Å²) in [7, 11) is 0. The summed E-state index contributed by atoms with van der Waals surface area (Å²) in [5, 5.41) is 11.0. The maximum Gasteiger partial charge on any atom is 0.224 e. The van der Waals surface area contributed by atoms with Gasteiger partial charge in [0.1, 0.15) is 13.2 Å². The summed E-state index contributed by atoms with van der Waals surface area (Å²) in [6.45, 7) is 1.41. The monoisotopic (exact) mass is 324 g/mol. The van der Waals surface area contributed by atoms with E-state index in [9.17, 15) is 4.79 Å². The highest BCUT2D eigenvalue weighted by Gasteiger charge is 2.13. The van der Waals surface area contributed by atoms with Crippen molar-refractivity contribution < 1.29 is 14.3 Å².